The number of nitrogens with zero attached hydrogens (tertiary/aromatic N) is 4. The van der Waals surface area contributed by atoms with E-state index in [4.69, 9.17) is 27.9 Å². The minimum absolute atomic E-state index is 0.242. The Hall–Kier alpha value is -2.64. The van der Waals surface area contributed by atoms with Crippen molar-refractivity contribution in [3.05, 3.63) is 63.6 Å². The number of hydrogen-bond acceptors (Lipinski definition) is 6. The summed E-state index contributed by atoms with van der Waals surface area (Å²) in [5.41, 5.74) is 4.27. The van der Waals surface area contributed by atoms with Crippen LogP contribution in [0.15, 0.2) is 47.6 Å². The van der Waals surface area contributed by atoms with Gasteiger partial charge in [-0.3, -0.25) is 0 Å². The van der Waals surface area contributed by atoms with Gasteiger partial charge in [-0.2, -0.15) is 10.3 Å². The van der Waals surface area contributed by atoms with E-state index in [-0.39, 0.29) is 5.95 Å². The number of ether oxygens (including phenoxy) is 1. The van der Waals surface area contributed by atoms with Gasteiger partial charge >= 0.3 is 0 Å². The Balaban J connectivity index is 1.78. The van der Waals surface area contributed by atoms with Gasteiger partial charge in [0.05, 0.1) is 11.2 Å². The molecule has 0 fully saturated rings. The quantitative estimate of drug-likeness (QED) is 0.517. The molecule has 2 N–H and O–H groups in total. The van der Waals surface area contributed by atoms with E-state index in [9.17, 15) is 0 Å². The summed E-state index contributed by atoms with van der Waals surface area (Å²) in [4.78, 5) is 0. The van der Waals surface area contributed by atoms with E-state index >= 15 is 0 Å². The fourth-order valence-corrected chi connectivity index (χ4v) is 2.49. The maximum absolute atomic E-state index is 6.25. The maximum atomic E-state index is 6.25. The van der Waals surface area contributed by atoms with Crippen LogP contribution in [0.3, 0.4) is 0 Å². The van der Waals surface area contributed by atoms with Gasteiger partial charge in [0.2, 0.25) is 0 Å². The topological polar surface area (TPSA) is 88.1 Å². The Morgan fingerprint density at radius 2 is 2.04 bits per heavy atom. The van der Waals surface area contributed by atoms with Crippen LogP contribution in [0, 0.1) is 0 Å². The first-order chi connectivity index (χ1) is 11.7. The van der Waals surface area contributed by atoms with Crippen LogP contribution in [0.4, 0.5) is 5.95 Å². The lowest BCUT2D eigenvalue weighted by molar-refractivity contribution is 0.306. The second-order valence-corrected chi connectivity index (χ2v) is 5.53. The van der Waals surface area contributed by atoms with Crippen molar-refractivity contribution >= 4 is 35.4 Å². The van der Waals surface area contributed by atoms with E-state index in [0.29, 0.717) is 28.0 Å². The lowest BCUT2D eigenvalue weighted by Gasteiger charge is -2.11. The summed E-state index contributed by atoms with van der Waals surface area (Å²) in [6.45, 7) is 0.376. The van der Waals surface area contributed by atoms with Crippen molar-refractivity contribution in [1.29, 1.82) is 0 Å². The highest BCUT2D eigenvalue weighted by Gasteiger charge is 2.10. The Labute approximate surface area is 147 Å². The SMILES string of the molecule is Clc1cc(Cl)c(OCc2ccccc2)c(C=NNc2nn[nH]n2)c1. The molecule has 0 aliphatic heterocycles. The number of halogens is 2. The van der Waals surface area contributed by atoms with Crippen LogP contribution in [0.2, 0.25) is 10.0 Å². The summed E-state index contributed by atoms with van der Waals surface area (Å²) < 4.78 is 5.84. The molecule has 0 spiro atoms. The number of nitrogens with one attached hydrogen (secondary N) is 2. The van der Waals surface area contributed by atoms with E-state index in [1.807, 2.05) is 30.3 Å². The second-order valence-electron chi connectivity index (χ2n) is 4.69. The first kappa shape index (κ1) is 16.2. The highest BCUT2D eigenvalue weighted by Crippen LogP contribution is 2.32. The Kier molecular flexibility index (Phi) is 5.25. The van der Waals surface area contributed by atoms with E-state index in [0.717, 1.165) is 5.56 Å². The average Bonchev–Trinajstić information content (AvgIpc) is 3.08. The molecular formula is C15H12Cl2N6O. The molecule has 1 heterocycles. The van der Waals surface area contributed by atoms with Gasteiger partial charge in [-0.1, -0.05) is 58.6 Å². The minimum atomic E-state index is 0.242. The molecule has 0 aliphatic carbocycles. The number of hydrogen-bond donors (Lipinski definition) is 2. The van der Waals surface area contributed by atoms with E-state index < -0.39 is 0 Å². The van der Waals surface area contributed by atoms with Gasteiger partial charge in [0.1, 0.15) is 12.4 Å². The first-order valence-electron chi connectivity index (χ1n) is 6.90. The predicted molar refractivity (Wildman–Crippen MR) is 92.6 cm³/mol. The number of benzene rings is 2. The summed E-state index contributed by atoms with van der Waals surface area (Å²) in [5, 5.41) is 18.1. The summed E-state index contributed by atoms with van der Waals surface area (Å²) in [5.74, 6) is 0.731. The third-order valence-corrected chi connectivity index (χ3v) is 3.48. The van der Waals surface area contributed by atoms with E-state index in [2.05, 4.69) is 31.2 Å². The van der Waals surface area contributed by atoms with Crippen molar-refractivity contribution < 1.29 is 4.74 Å². The summed E-state index contributed by atoms with van der Waals surface area (Å²) in [7, 11) is 0. The van der Waals surface area contributed by atoms with Crippen molar-refractivity contribution in [2.45, 2.75) is 6.61 Å². The Morgan fingerprint density at radius 1 is 1.21 bits per heavy atom. The second kappa shape index (κ2) is 7.76. The van der Waals surface area contributed by atoms with Crippen molar-refractivity contribution in [1.82, 2.24) is 20.6 Å². The normalized spacial score (nSPS) is 10.9. The molecule has 3 aromatic rings. The van der Waals surface area contributed by atoms with Crippen molar-refractivity contribution in [2.75, 3.05) is 5.43 Å². The molecule has 1 aromatic heterocycles. The molecule has 0 amide bonds. The Morgan fingerprint density at radius 3 is 2.79 bits per heavy atom. The zero-order valence-corrected chi connectivity index (χ0v) is 13.8. The molecule has 2 aromatic carbocycles. The van der Waals surface area contributed by atoms with Crippen LogP contribution >= 0.6 is 23.2 Å². The van der Waals surface area contributed by atoms with E-state index in [1.54, 1.807) is 12.1 Å². The van der Waals surface area contributed by atoms with Gasteiger partial charge in [0, 0.05) is 10.6 Å². The maximum Gasteiger partial charge on any atom is 0.283 e. The van der Waals surface area contributed by atoms with E-state index in [1.165, 1.54) is 6.21 Å². The van der Waals surface area contributed by atoms with Gasteiger partial charge in [-0.15, -0.1) is 5.10 Å². The summed E-state index contributed by atoms with van der Waals surface area (Å²) >= 11 is 12.3. The van der Waals surface area contributed by atoms with Gasteiger partial charge in [0.15, 0.2) is 0 Å². The third-order valence-electron chi connectivity index (χ3n) is 2.98. The van der Waals surface area contributed by atoms with Gasteiger partial charge < -0.3 is 4.74 Å². The molecule has 3 rings (SSSR count). The molecule has 0 atom stereocenters. The van der Waals surface area contributed by atoms with Crippen LogP contribution in [0.1, 0.15) is 11.1 Å². The zero-order valence-electron chi connectivity index (χ0n) is 12.3. The smallest absolute Gasteiger partial charge is 0.283 e. The molecule has 0 aliphatic rings. The van der Waals surface area contributed by atoms with Crippen molar-refractivity contribution in [3.8, 4) is 5.75 Å². The van der Waals surface area contributed by atoms with Crippen LogP contribution in [0.5, 0.6) is 5.75 Å². The number of hydrazone groups is 1. The lowest BCUT2D eigenvalue weighted by atomic mass is 10.2. The molecule has 0 bridgehead atoms. The number of aromatic amines is 1. The number of tetrazole rings is 1. The largest absolute Gasteiger partial charge is 0.487 e. The highest BCUT2D eigenvalue weighted by molar-refractivity contribution is 6.36. The fourth-order valence-electron chi connectivity index (χ4n) is 1.93. The van der Waals surface area contributed by atoms with Crippen molar-refractivity contribution in [2.24, 2.45) is 5.10 Å². The number of rotatable bonds is 6. The molecule has 0 unspecified atom stereocenters. The zero-order chi connectivity index (χ0) is 16.8. The first-order valence-corrected chi connectivity index (χ1v) is 7.66. The monoisotopic (exact) mass is 362 g/mol. The van der Waals surface area contributed by atoms with Gasteiger partial charge in [-0.25, -0.2) is 5.43 Å². The Bertz CT molecular complexity index is 823. The van der Waals surface area contributed by atoms with Crippen LogP contribution in [-0.2, 0) is 6.61 Å². The van der Waals surface area contributed by atoms with Crippen LogP contribution in [0.25, 0.3) is 0 Å². The lowest BCUT2D eigenvalue weighted by Crippen LogP contribution is -2.00. The molecule has 24 heavy (non-hydrogen) atoms. The number of H-pyrrole nitrogens is 1. The predicted octanol–water partition coefficient (Wildman–Crippen LogP) is 3.53. The molecule has 122 valence electrons. The average molecular weight is 363 g/mol. The standard InChI is InChI=1S/C15H12Cl2N6O/c16-12-6-11(8-18-19-15-20-22-23-21-15)14(13(17)7-12)24-9-10-4-2-1-3-5-10/h1-8H,9H2,(H2,19,20,21,22,23). The van der Waals surface area contributed by atoms with Crippen LogP contribution < -0.4 is 10.2 Å². The molecular weight excluding hydrogens is 351 g/mol. The van der Waals surface area contributed by atoms with Crippen LogP contribution in [-0.4, -0.2) is 26.8 Å². The number of aromatic nitrogens is 4. The molecule has 0 radical (unpaired) electrons. The molecule has 7 nitrogen and oxygen atoms in total. The van der Waals surface area contributed by atoms with Gasteiger partial charge in [0.25, 0.3) is 5.95 Å². The third kappa shape index (κ3) is 4.21. The van der Waals surface area contributed by atoms with Crippen molar-refractivity contribution in [3.63, 3.8) is 0 Å². The minimum Gasteiger partial charge on any atom is -0.487 e. The molecule has 0 saturated heterocycles. The van der Waals surface area contributed by atoms with Gasteiger partial charge in [-0.05, 0) is 22.9 Å². The fraction of sp³-hybridized carbons (Fsp3) is 0.0667. The molecule has 9 heteroatoms. The summed E-state index contributed by atoms with van der Waals surface area (Å²) in [6, 6.07) is 13.1. The summed E-state index contributed by atoms with van der Waals surface area (Å²) in [6.07, 6.45) is 1.52. The highest BCUT2D eigenvalue weighted by atomic mass is 35.5. The number of anilines is 1. The molecule has 0 saturated carbocycles.